The first-order chi connectivity index (χ1) is 15.3. The maximum Gasteiger partial charge on any atom is 0.215 e. The lowest BCUT2D eigenvalue weighted by Gasteiger charge is -2.22. The van der Waals surface area contributed by atoms with Crippen molar-refractivity contribution in [1.29, 1.82) is 0 Å². The summed E-state index contributed by atoms with van der Waals surface area (Å²) in [6.07, 6.45) is 3.70. The van der Waals surface area contributed by atoms with E-state index in [1.54, 1.807) is 32.2 Å². The Hall–Kier alpha value is -2.93. The fourth-order valence-electron chi connectivity index (χ4n) is 3.35. The van der Waals surface area contributed by atoms with Gasteiger partial charge in [0, 0.05) is 12.3 Å². The first-order valence-corrected chi connectivity index (χ1v) is 11.4. The molecule has 2 unspecified atom stereocenters. The Labute approximate surface area is 193 Å². The van der Waals surface area contributed by atoms with Gasteiger partial charge < -0.3 is 19.7 Å². The normalized spacial score (nSPS) is 17.7. The molecule has 1 aliphatic carbocycles. The highest BCUT2D eigenvalue weighted by molar-refractivity contribution is 7.98. The SMILES string of the molecule is COc1cccc(C2CC2SN/C(C=C(C)C)=C(\Nc2ccc(C)cc2F)N(C)C=O)c1. The van der Waals surface area contributed by atoms with Crippen molar-refractivity contribution in [3.05, 3.63) is 82.6 Å². The number of rotatable bonds is 10. The van der Waals surface area contributed by atoms with Crippen LogP contribution >= 0.6 is 11.9 Å². The topological polar surface area (TPSA) is 53.6 Å². The van der Waals surface area contributed by atoms with Crippen LogP contribution in [0.4, 0.5) is 10.1 Å². The molecule has 2 aromatic carbocycles. The predicted molar refractivity (Wildman–Crippen MR) is 130 cm³/mol. The van der Waals surface area contributed by atoms with Crippen molar-refractivity contribution in [1.82, 2.24) is 9.62 Å². The molecule has 7 heteroatoms. The van der Waals surface area contributed by atoms with E-state index < -0.39 is 0 Å². The van der Waals surface area contributed by atoms with Gasteiger partial charge in [0.2, 0.25) is 6.41 Å². The van der Waals surface area contributed by atoms with Gasteiger partial charge >= 0.3 is 0 Å². The van der Waals surface area contributed by atoms with E-state index in [1.165, 1.54) is 16.5 Å². The Balaban J connectivity index is 1.81. The van der Waals surface area contributed by atoms with E-state index in [4.69, 9.17) is 4.74 Å². The highest BCUT2D eigenvalue weighted by Crippen LogP contribution is 2.49. The predicted octanol–water partition coefficient (Wildman–Crippen LogP) is 5.57. The summed E-state index contributed by atoms with van der Waals surface area (Å²) in [6.45, 7) is 5.80. The molecule has 5 nitrogen and oxygen atoms in total. The van der Waals surface area contributed by atoms with E-state index >= 15 is 0 Å². The van der Waals surface area contributed by atoms with Crippen molar-refractivity contribution in [2.75, 3.05) is 19.5 Å². The maximum absolute atomic E-state index is 14.5. The van der Waals surface area contributed by atoms with E-state index in [9.17, 15) is 9.18 Å². The molecule has 32 heavy (non-hydrogen) atoms. The summed E-state index contributed by atoms with van der Waals surface area (Å²) in [7, 11) is 3.31. The summed E-state index contributed by atoms with van der Waals surface area (Å²) < 4.78 is 23.2. The molecule has 2 N–H and O–H groups in total. The Morgan fingerprint density at radius 1 is 1.25 bits per heavy atom. The number of carbonyl (C=O) groups is 1. The zero-order valence-electron chi connectivity index (χ0n) is 19.1. The van der Waals surface area contributed by atoms with Crippen LogP contribution < -0.4 is 14.8 Å². The van der Waals surface area contributed by atoms with Crippen LogP contribution in [0.25, 0.3) is 0 Å². The van der Waals surface area contributed by atoms with Gasteiger partial charge in [0.1, 0.15) is 17.4 Å². The second-order valence-electron chi connectivity index (χ2n) is 8.19. The van der Waals surface area contributed by atoms with Gasteiger partial charge in [-0.2, -0.15) is 0 Å². The fraction of sp³-hybridized carbons (Fsp3) is 0.320. The van der Waals surface area contributed by atoms with Gasteiger partial charge in [0.05, 0.1) is 18.5 Å². The molecule has 3 rings (SSSR count). The summed E-state index contributed by atoms with van der Waals surface area (Å²) >= 11 is 1.61. The number of aryl methyl sites for hydroxylation is 1. The van der Waals surface area contributed by atoms with Crippen LogP contribution in [0, 0.1) is 12.7 Å². The Morgan fingerprint density at radius 3 is 2.69 bits per heavy atom. The van der Waals surface area contributed by atoms with E-state index in [0.717, 1.165) is 23.3 Å². The third kappa shape index (κ3) is 6.07. The average molecular weight is 456 g/mol. The molecule has 170 valence electrons. The molecule has 0 spiro atoms. The van der Waals surface area contributed by atoms with Gasteiger partial charge in [0.25, 0.3) is 0 Å². The number of hydrogen-bond donors (Lipinski definition) is 2. The molecule has 0 bridgehead atoms. The van der Waals surface area contributed by atoms with Gasteiger partial charge in [-0.25, -0.2) is 4.39 Å². The largest absolute Gasteiger partial charge is 0.497 e. The summed E-state index contributed by atoms with van der Waals surface area (Å²) in [6, 6.07) is 13.1. The van der Waals surface area contributed by atoms with Crippen molar-refractivity contribution in [2.45, 2.75) is 38.4 Å². The highest BCUT2D eigenvalue weighted by Gasteiger charge is 2.39. The van der Waals surface area contributed by atoms with Gasteiger partial charge in [-0.3, -0.25) is 4.79 Å². The van der Waals surface area contributed by atoms with Crippen molar-refractivity contribution < 1.29 is 13.9 Å². The number of allylic oxidation sites excluding steroid dienone is 2. The molecule has 1 fully saturated rings. The first-order valence-electron chi connectivity index (χ1n) is 10.5. The number of hydrogen-bond acceptors (Lipinski definition) is 5. The van der Waals surface area contributed by atoms with Crippen LogP contribution in [0.15, 0.2) is 65.6 Å². The zero-order valence-corrected chi connectivity index (χ0v) is 19.9. The lowest BCUT2D eigenvalue weighted by Crippen LogP contribution is -2.26. The van der Waals surface area contributed by atoms with Gasteiger partial charge in [-0.15, -0.1) is 0 Å². The Kier molecular flexibility index (Phi) is 7.85. The smallest absolute Gasteiger partial charge is 0.215 e. The molecular weight excluding hydrogens is 425 g/mol. The van der Waals surface area contributed by atoms with E-state index in [-0.39, 0.29) is 5.82 Å². The standard InChI is InChI=1S/C25H30FN3O2S/c1-16(2)11-23(25(29(4)15-30)27-22-10-9-17(3)12-21(22)26)28-32-24-14-20(24)18-7-6-8-19(13-18)31-5/h6-13,15,20,24,27-28H,14H2,1-5H3/b25-23+. The van der Waals surface area contributed by atoms with Gasteiger partial charge in [0.15, 0.2) is 0 Å². The number of nitrogens with one attached hydrogen (secondary N) is 2. The molecule has 1 saturated carbocycles. The second-order valence-corrected chi connectivity index (χ2v) is 9.23. The van der Waals surface area contributed by atoms with Crippen molar-refractivity contribution in [2.24, 2.45) is 0 Å². The molecule has 0 aromatic heterocycles. The highest BCUT2D eigenvalue weighted by atomic mass is 32.2. The van der Waals surface area contributed by atoms with Crippen LogP contribution in [0.5, 0.6) is 5.75 Å². The minimum atomic E-state index is -0.369. The minimum Gasteiger partial charge on any atom is -0.497 e. The molecule has 0 saturated heterocycles. The summed E-state index contributed by atoms with van der Waals surface area (Å²) in [4.78, 5) is 13.0. The van der Waals surface area contributed by atoms with Crippen LogP contribution in [-0.4, -0.2) is 30.7 Å². The fourth-order valence-corrected chi connectivity index (χ4v) is 4.41. The monoisotopic (exact) mass is 455 g/mol. The van der Waals surface area contributed by atoms with Crippen LogP contribution in [0.1, 0.15) is 37.3 Å². The van der Waals surface area contributed by atoms with Gasteiger partial charge in [-0.05, 0) is 86.5 Å². The van der Waals surface area contributed by atoms with E-state index in [2.05, 4.69) is 22.2 Å². The molecule has 0 radical (unpaired) electrons. The molecular formula is C25H30FN3O2S. The number of nitrogens with zero attached hydrogens (tertiary/aromatic N) is 1. The molecule has 1 aliphatic rings. The number of carbonyl (C=O) groups excluding carboxylic acids is 1. The zero-order chi connectivity index (χ0) is 23.3. The molecule has 0 aliphatic heterocycles. The molecule has 2 atom stereocenters. The summed E-state index contributed by atoms with van der Waals surface area (Å²) in [5, 5.41) is 3.49. The minimum absolute atomic E-state index is 0.312. The van der Waals surface area contributed by atoms with E-state index in [1.807, 2.05) is 45.0 Å². The Morgan fingerprint density at radius 2 is 2.03 bits per heavy atom. The Bertz CT molecular complexity index is 1030. The van der Waals surface area contributed by atoms with Crippen LogP contribution in [0.2, 0.25) is 0 Å². The number of halogens is 1. The number of ether oxygens (including phenoxy) is 1. The third-order valence-corrected chi connectivity index (χ3v) is 6.31. The third-order valence-electron chi connectivity index (χ3n) is 5.15. The quantitative estimate of drug-likeness (QED) is 0.279. The van der Waals surface area contributed by atoms with Crippen molar-refractivity contribution >= 4 is 24.0 Å². The number of methoxy groups -OCH3 is 1. The van der Waals surface area contributed by atoms with E-state index in [0.29, 0.717) is 34.8 Å². The summed E-state index contributed by atoms with van der Waals surface area (Å²) in [5.41, 5.74) is 4.16. The number of benzene rings is 2. The average Bonchev–Trinajstić information content (AvgIpc) is 3.55. The first kappa shape index (κ1) is 23.7. The van der Waals surface area contributed by atoms with Gasteiger partial charge in [-0.1, -0.05) is 23.8 Å². The number of anilines is 1. The van der Waals surface area contributed by atoms with Crippen LogP contribution in [0.3, 0.4) is 0 Å². The molecule has 1 amide bonds. The van der Waals surface area contributed by atoms with Crippen molar-refractivity contribution in [3.63, 3.8) is 0 Å². The van der Waals surface area contributed by atoms with Crippen LogP contribution in [-0.2, 0) is 4.79 Å². The molecule has 0 heterocycles. The van der Waals surface area contributed by atoms with Crippen molar-refractivity contribution in [3.8, 4) is 5.75 Å². The number of amides is 1. The molecule has 2 aromatic rings. The maximum atomic E-state index is 14.5. The summed E-state index contributed by atoms with van der Waals surface area (Å²) in [5.74, 6) is 1.40. The lowest BCUT2D eigenvalue weighted by molar-refractivity contribution is -0.115. The second kappa shape index (κ2) is 10.6. The lowest BCUT2D eigenvalue weighted by atomic mass is 10.1.